The molecule has 1 aromatic heterocycles. The molecular formula is C15H19BrN4O3. The zero-order chi connectivity index (χ0) is 16.4. The van der Waals surface area contributed by atoms with Gasteiger partial charge in [0.15, 0.2) is 5.52 Å². The van der Waals surface area contributed by atoms with Crippen LogP contribution in [-0.4, -0.2) is 38.3 Å². The van der Waals surface area contributed by atoms with Crippen LogP contribution in [0.3, 0.4) is 0 Å². The summed E-state index contributed by atoms with van der Waals surface area (Å²) in [6.45, 7) is 1.68. The van der Waals surface area contributed by atoms with Gasteiger partial charge in [-0.25, -0.2) is 4.98 Å². The summed E-state index contributed by atoms with van der Waals surface area (Å²) in [6, 6.07) is 3.67. The van der Waals surface area contributed by atoms with Gasteiger partial charge >= 0.3 is 5.69 Å². The first kappa shape index (κ1) is 16.4. The molecule has 8 heteroatoms. The minimum Gasteiger partial charge on any atom is -0.392 e. The number of aromatic nitrogens is 2. The summed E-state index contributed by atoms with van der Waals surface area (Å²) in [4.78, 5) is 15.0. The number of aryl methyl sites for hydroxylation is 1. The SMILES string of the molecule is O=[N+]([O-])c1c(Br)ccc2c1ncn2CCC[C@H]1NCCC[C@@H]1O. The highest BCUT2D eigenvalue weighted by molar-refractivity contribution is 9.10. The number of piperidine rings is 1. The molecule has 0 radical (unpaired) electrons. The molecular weight excluding hydrogens is 364 g/mol. The van der Waals surface area contributed by atoms with Gasteiger partial charge in [0.1, 0.15) is 0 Å². The lowest BCUT2D eigenvalue weighted by molar-refractivity contribution is -0.384. The third kappa shape index (κ3) is 3.39. The van der Waals surface area contributed by atoms with Crippen LogP contribution in [0.1, 0.15) is 25.7 Å². The van der Waals surface area contributed by atoms with Gasteiger partial charge in [0.05, 0.1) is 27.3 Å². The van der Waals surface area contributed by atoms with Crippen LogP contribution in [0.4, 0.5) is 5.69 Å². The molecule has 1 aliphatic heterocycles. The minimum atomic E-state index is -0.411. The zero-order valence-corrected chi connectivity index (χ0v) is 14.2. The van der Waals surface area contributed by atoms with Crippen molar-refractivity contribution in [2.75, 3.05) is 6.54 Å². The monoisotopic (exact) mass is 382 g/mol. The van der Waals surface area contributed by atoms with E-state index >= 15 is 0 Å². The van der Waals surface area contributed by atoms with Crippen LogP contribution in [0.15, 0.2) is 22.9 Å². The average Bonchev–Trinajstić information content (AvgIpc) is 2.91. The second-order valence-electron chi connectivity index (χ2n) is 5.87. The largest absolute Gasteiger partial charge is 0.392 e. The summed E-state index contributed by atoms with van der Waals surface area (Å²) in [6.07, 6.45) is 4.99. The summed E-state index contributed by atoms with van der Waals surface area (Å²) >= 11 is 3.21. The first-order valence-corrected chi connectivity index (χ1v) is 8.56. The van der Waals surface area contributed by atoms with E-state index in [1.165, 1.54) is 0 Å². The summed E-state index contributed by atoms with van der Waals surface area (Å²) in [5.41, 5.74) is 1.17. The molecule has 0 bridgehead atoms. The van der Waals surface area contributed by atoms with Crippen molar-refractivity contribution in [1.29, 1.82) is 0 Å². The number of imidazole rings is 1. The third-order valence-electron chi connectivity index (χ3n) is 4.36. The minimum absolute atomic E-state index is 0.00520. The van der Waals surface area contributed by atoms with E-state index in [9.17, 15) is 15.2 Å². The van der Waals surface area contributed by atoms with E-state index in [1.807, 2.05) is 10.6 Å². The third-order valence-corrected chi connectivity index (χ3v) is 5.00. The number of hydrogen-bond donors (Lipinski definition) is 2. The molecule has 2 atom stereocenters. The second kappa shape index (κ2) is 6.94. The maximum absolute atomic E-state index is 11.2. The van der Waals surface area contributed by atoms with Gasteiger partial charge < -0.3 is 15.0 Å². The van der Waals surface area contributed by atoms with E-state index in [1.54, 1.807) is 12.4 Å². The van der Waals surface area contributed by atoms with Crippen LogP contribution in [0.2, 0.25) is 0 Å². The van der Waals surface area contributed by atoms with Gasteiger partial charge in [-0.15, -0.1) is 0 Å². The molecule has 2 N–H and O–H groups in total. The number of nitro benzene ring substituents is 1. The molecule has 1 aromatic carbocycles. The molecule has 1 fully saturated rings. The number of benzene rings is 1. The predicted molar refractivity (Wildman–Crippen MR) is 90.4 cm³/mol. The molecule has 124 valence electrons. The molecule has 23 heavy (non-hydrogen) atoms. The van der Waals surface area contributed by atoms with Crippen molar-refractivity contribution in [2.24, 2.45) is 0 Å². The van der Waals surface area contributed by atoms with Crippen molar-refractivity contribution in [2.45, 2.75) is 44.4 Å². The van der Waals surface area contributed by atoms with Crippen molar-refractivity contribution >= 4 is 32.7 Å². The Hall–Kier alpha value is -1.51. The van der Waals surface area contributed by atoms with Crippen LogP contribution in [-0.2, 0) is 6.54 Å². The van der Waals surface area contributed by atoms with E-state index in [0.717, 1.165) is 44.3 Å². The van der Waals surface area contributed by atoms with E-state index in [2.05, 4.69) is 26.2 Å². The molecule has 2 heterocycles. The first-order valence-electron chi connectivity index (χ1n) is 7.77. The van der Waals surface area contributed by atoms with Gasteiger partial charge in [-0.1, -0.05) is 0 Å². The predicted octanol–water partition coefficient (Wildman–Crippen LogP) is 2.60. The van der Waals surface area contributed by atoms with Crippen LogP contribution >= 0.6 is 15.9 Å². The van der Waals surface area contributed by atoms with Crippen molar-refractivity contribution in [3.05, 3.63) is 33.0 Å². The number of rotatable bonds is 5. The molecule has 3 rings (SSSR count). The lowest BCUT2D eigenvalue weighted by Crippen LogP contribution is -2.44. The highest BCUT2D eigenvalue weighted by Crippen LogP contribution is 2.32. The normalized spacial score (nSPS) is 21.7. The Bertz CT molecular complexity index is 718. The molecule has 0 saturated carbocycles. The lowest BCUT2D eigenvalue weighted by Gasteiger charge is -2.29. The number of fused-ring (bicyclic) bond motifs is 1. The Balaban J connectivity index is 1.71. The fourth-order valence-corrected chi connectivity index (χ4v) is 3.62. The standard InChI is InChI=1S/C15H19BrN4O3/c16-10-5-6-12-14(15(10)20(22)23)18-9-19(12)8-2-3-11-13(21)4-1-7-17-11/h5-6,9,11,13,17,21H,1-4,7-8H2/t11-,13+/m1/s1. The van der Waals surface area contributed by atoms with E-state index in [4.69, 9.17) is 0 Å². The molecule has 0 unspecified atom stereocenters. The number of aliphatic hydroxyl groups excluding tert-OH is 1. The van der Waals surface area contributed by atoms with Gasteiger partial charge in [0, 0.05) is 12.6 Å². The Labute approximate surface area is 142 Å². The van der Waals surface area contributed by atoms with Crippen molar-refractivity contribution in [3.8, 4) is 0 Å². The van der Waals surface area contributed by atoms with Crippen molar-refractivity contribution in [3.63, 3.8) is 0 Å². The second-order valence-corrected chi connectivity index (χ2v) is 6.73. The lowest BCUT2D eigenvalue weighted by atomic mass is 9.97. The molecule has 0 spiro atoms. The van der Waals surface area contributed by atoms with E-state index in [-0.39, 0.29) is 17.8 Å². The summed E-state index contributed by atoms with van der Waals surface area (Å²) in [5, 5.41) is 24.5. The van der Waals surface area contributed by atoms with Crippen molar-refractivity contribution in [1.82, 2.24) is 14.9 Å². The van der Waals surface area contributed by atoms with Gasteiger partial charge in [0.25, 0.3) is 0 Å². The van der Waals surface area contributed by atoms with E-state index in [0.29, 0.717) is 9.99 Å². The molecule has 7 nitrogen and oxygen atoms in total. The van der Waals surface area contributed by atoms with Crippen LogP contribution in [0, 0.1) is 10.1 Å². The molecule has 1 saturated heterocycles. The number of hydrogen-bond acceptors (Lipinski definition) is 5. The number of aliphatic hydroxyl groups is 1. The average molecular weight is 383 g/mol. The number of halogens is 1. The molecule has 2 aromatic rings. The summed E-state index contributed by atoms with van der Waals surface area (Å²) in [7, 11) is 0. The number of nitrogens with zero attached hydrogens (tertiary/aromatic N) is 3. The van der Waals surface area contributed by atoms with Crippen LogP contribution < -0.4 is 5.32 Å². The Kier molecular flexibility index (Phi) is 4.93. The highest BCUT2D eigenvalue weighted by Gasteiger charge is 2.23. The first-order chi connectivity index (χ1) is 11.1. The molecule has 0 aliphatic carbocycles. The Morgan fingerprint density at radius 3 is 3.09 bits per heavy atom. The maximum atomic E-state index is 11.2. The quantitative estimate of drug-likeness (QED) is 0.612. The zero-order valence-electron chi connectivity index (χ0n) is 12.6. The molecule has 1 aliphatic rings. The number of nitro groups is 1. The van der Waals surface area contributed by atoms with E-state index < -0.39 is 4.92 Å². The fraction of sp³-hybridized carbons (Fsp3) is 0.533. The van der Waals surface area contributed by atoms with Gasteiger partial charge in [-0.3, -0.25) is 10.1 Å². The van der Waals surface area contributed by atoms with Crippen LogP contribution in [0.5, 0.6) is 0 Å². The highest BCUT2D eigenvalue weighted by atomic mass is 79.9. The smallest absolute Gasteiger partial charge is 0.311 e. The van der Waals surface area contributed by atoms with Gasteiger partial charge in [-0.05, 0) is 60.3 Å². The summed E-state index contributed by atoms with van der Waals surface area (Å²) in [5.74, 6) is 0. The summed E-state index contributed by atoms with van der Waals surface area (Å²) < 4.78 is 2.37. The van der Waals surface area contributed by atoms with Crippen LogP contribution in [0.25, 0.3) is 11.0 Å². The fourth-order valence-electron chi connectivity index (χ4n) is 3.16. The van der Waals surface area contributed by atoms with Gasteiger partial charge in [0.2, 0.25) is 0 Å². The topological polar surface area (TPSA) is 93.2 Å². The molecule has 0 amide bonds. The Morgan fingerprint density at radius 2 is 2.35 bits per heavy atom. The van der Waals surface area contributed by atoms with Gasteiger partial charge in [-0.2, -0.15) is 0 Å². The van der Waals surface area contributed by atoms with Crippen molar-refractivity contribution < 1.29 is 10.0 Å². The maximum Gasteiger partial charge on any atom is 0.311 e. The number of nitrogens with one attached hydrogen (secondary N) is 1. The Morgan fingerprint density at radius 1 is 1.52 bits per heavy atom.